The van der Waals surface area contributed by atoms with E-state index >= 15 is 0 Å². The SMILES string of the molecule is CNC(=O)[C@H](Cc1ccccc1)N(Cc1cccc(Cl)c1)C(=O)CN(c1cccc(OC)c1)S(=O)(=O)c1ccc(C)cc1. The number of carbonyl (C=O) groups is 2. The van der Waals surface area contributed by atoms with Gasteiger partial charge in [-0.3, -0.25) is 13.9 Å². The van der Waals surface area contributed by atoms with Crippen LogP contribution in [0, 0.1) is 6.92 Å². The lowest BCUT2D eigenvalue weighted by Crippen LogP contribution is -2.53. The molecule has 0 aliphatic carbocycles. The second-order valence-corrected chi connectivity index (χ2v) is 12.3. The molecule has 8 nitrogen and oxygen atoms in total. The number of aryl methyl sites for hydroxylation is 1. The molecule has 4 rings (SSSR count). The zero-order valence-electron chi connectivity index (χ0n) is 24.2. The lowest BCUT2D eigenvalue weighted by molar-refractivity contribution is -0.139. The van der Waals surface area contributed by atoms with Crippen LogP contribution in [0.1, 0.15) is 16.7 Å². The summed E-state index contributed by atoms with van der Waals surface area (Å²) >= 11 is 6.26. The minimum Gasteiger partial charge on any atom is -0.497 e. The molecule has 0 aliphatic heterocycles. The van der Waals surface area contributed by atoms with Crippen molar-refractivity contribution in [1.82, 2.24) is 10.2 Å². The lowest BCUT2D eigenvalue weighted by atomic mass is 10.0. The average molecular weight is 620 g/mol. The predicted octanol–water partition coefficient (Wildman–Crippen LogP) is 5.24. The minimum absolute atomic E-state index is 0.0286. The van der Waals surface area contributed by atoms with Crippen molar-refractivity contribution in [1.29, 1.82) is 0 Å². The Kier molecular flexibility index (Phi) is 10.4. The first-order valence-corrected chi connectivity index (χ1v) is 15.5. The molecule has 224 valence electrons. The van der Waals surface area contributed by atoms with Crippen molar-refractivity contribution in [3.63, 3.8) is 0 Å². The fourth-order valence-electron chi connectivity index (χ4n) is 4.68. The highest BCUT2D eigenvalue weighted by Crippen LogP contribution is 2.28. The fourth-order valence-corrected chi connectivity index (χ4v) is 6.30. The summed E-state index contributed by atoms with van der Waals surface area (Å²) in [6.45, 7) is 1.33. The van der Waals surface area contributed by atoms with Crippen LogP contribution >= 0.6 is 11.6 Å². The molecule has 0 radical (unpaired) electrons. The first kappa shape index (κ1) is 31.6. The van der Waals surface area contributed by atoms with Gasteiger partial charge in [0.2, 0.25) is 11.8 Å². The van der Waals surface area contributed by atoms with E-state index < -0.39 is 28.5 Å². The van der Waals surface area contributed by atoms with Gasteiger partial charge in [-0.15, -0.1) is 0 Å². The van der Waals surface area contributed by atoms with E-state index in [1.807, 2.05) is 37.3 Å². The Morgan fingerprint density at radius 1 is 0.884 bits per heavy atom. The van der Waals surface area contributed by atoms with Gasteiger partial charge in [0.05, 0.1) is 17.7 Å². The lowest BCUT2D eigenvalue weighted by Gasteiger charge is -2.33. The van der Waals surface area contributed by atoms with Crippen LogP contribution in [0.4, 0.5) is 5.69 Å². The summed E-state index contributed by atoms with van der Waals surface area (Å²) in [4.78, 5) is 29.1. The zero-order valence-corrected chi connectivity index (χ0v) is 25.8. The van der Waals surface area contributed by atoms with Gasteiger partial charge in [-0.25, -0.2) is 8.42 Å². The van der Waals surface area contributed by atoms with Crippen molar-refractivity contribution in [2.24, 2.45) is 0 Å². The summed E-state index contributed by atoms with van der Waals surface area (Å²) in [6, 6.07) is 28.3. The Balaban J connectivity index is 1.80. The normalized spacial score (nSPS) is 11.8. The molecule has 2 amide bonds. The number of amides is 2. The minimum atomic E-state index is -4.21. The van der Waals surface area contributed by atoms with E-state index in [0.29, 0.717) is 16.3 Å². The number of methoxy groups -OCH3 is 1. The molecule has 0 unspecified atom stereocenters. The molecule has 0 saturated carbocycles. The molecule has 10 heteroatoms. The van der Waals surface area contributed by atoms with Gasteiger partial charge < -0.3 is 15.0 Å². The Morgan fingerprint density at radius 3 is 2.21 bits per heavy atom. The van der Waals surface area contributed by atoms with Crippen LogP contribution < -0.4 is 14.4 Å². The van der Waals surface area contributed by atoms with Crippen molar-refractivity contribution in [2.75, 3.05) is 25.0 Å². The highest BCUT2D eigenvalue weighted by Gasteiger charge is 2.34. The number of hydrogen-bond acceptors (Lipinski definition) is 5. The van der Waals surface area contributed by atoms with Crippen LogP contribution in [-0.4, -0.2) is 51.9 Å². The van der Waals surface area contributed by atoms with Crippen molar-refractivity contribution in [2.45, 2.75) is 30.8 Å². The predicted molar refractivity (Wildman–Crippen MR) is 169 cm³/mol. The highest BCUT2D eigenvalue weighted by molar-refractivity contribution is 7.92. The number of rotatable bonds is 12. The smallest absolute Gasteiger partial charge is 0.264 e. The highest BCUT2D eigenvalue weighted by atomic mass is 35.5. The number of nitrogens with one attached hydrogen (secondary N) is 1. The zero-order chi connectivity index (χ0) is 31.0. The van der Waals surface area contributed by atoms with Crippen LogP contribution in [0.2, 0.25) is 5.02 Å². The van der Waals surface area contributed by atoms with Crippen molar-refractivity contribution < 1.29 is 22.7 Å². The quantitative estimate of drug-likeness (QED) is 0.234. The number of hydrogen-bond donors (Lipinski definition) is 1. The van der Waals surface area contributed by atoms with Gasteiger partial charge in [0.25, 0.3) is 10.0 Å². The van der Waals surface area contributed by atoms with E-state index in [1.54, 1.807) is 60.7 Å². The second kappa shape index (κ2) is 14.2. The number of benzene rings is 4. The summed E-state index contributed by atoms with van der Waals surface area (Å²) < 4.78 is 34.5. The molecular formula is C33H34ClN3O5S. The standard InChI is InChI=1S/C33H34ClN3O5S/c1-24-15-17-30(18-16-24)43(40,41)37(28-13-8-14-29(21-28)42-3)23-32(38)36(22-26-11-7-12-27(34)19-26)31(33(39)35-2)20-25-9-5-4-6-10-25/h4-19,21,31H,20,22-23H2,1-3H3,(H,35,39)/t31-/m0/s1. The molecule has 1 atom stereocenters. The number of nitrogens with zero attached hydrogens (tertiary/aromatic N) is 2. The Hall–Kier alpha value is -4.34. The van der Waals surface area contributed by atoms with E-state index in [-0.39, 0.29) is 29.5 Å². The number of halogens is 1. The molecule has 0 spiro atoms. The van der Waals surface area contributed by atoms with Crippen LogP contribution in [0.3, 0.4) is 0 Å². The fraction of sp³-hybridized carbons (Fsp3) is 0.212. The van der Waals surface area contributed by atoms with Crippen molar-refractivity contribution >= 4 is 39.1 Å². The van der Waals surface area contributed by atoms with Gasteiger partial charge in [0.15, 0.2) is 0 Å². The van der Waals surface area contributed by atoms with Gasteiger partial charge in [-0.05, 0) is 54.4 Å². The number of sulfonamides is 1. The maximum absolute atomic E-state index is 14.3. The largest absolute Gasteiger partial charge is 0.497 e. The van der Waals surface area contributed by atoms with E-state index in [0.717, 1.165) is 15.4 Å². The van der Waals surface area contributed by atoms with Crippen LogP contribution in [0.5, 0.6) is 5.75 Å². The monoisotopic (exact) mass is 619 g/mol. The molecule has 4 aromatic carbocycles. The maximum Gasteiger partial charge on any atom is 0.264 e. The summed E-state index contributed by atoms with van der Waals surface area (Å²) in [5.74, 6) is -0.520. The van der Waals surface area contributed by atoms with Gasteiger partial charge in [0.1, 0.15) is 18.3 Å². The average Bonchev–Trinajstić information content (AvgIpc) is 3.01. The number of ether oxygens (including phenoxy) is 1. The van der Waals surface area contributed by atoms with E-state index in [2.05, 4.69) is 5.32 Å². The molecule has 0 saturated heterocycles. The molecule has 0 fully saturated rings. The number of likely N-dealkylation sites (N-methyl/N-ethyl adjacent to an activating group) is 1. The Labute approximate surface area is 257 Å². The molecule has 0 aliphatic rings. The Morgan fingerprint density at radius 2 is 1.56 bits per heavy atom. The third-order valence-electron chi connectivity index (χ3n) is 6.99. The molecule has 0 aromatic heterocycles. The second-order valence-electron chi connectivity index (χ2n) is 10.00. The van der Waals surface area contributed by atoms with E-state index in [9.17, 15) is 18.0 Å². The summed E-state index contributed by atoms with van der Waals surface area (Å²) in [6.07, 6.45) is 0.219. The first-order valence-electron chi connectivity index (χ1n) is 13.6. The number of anilines is 1. The third kappa shape index (κ3) is 7.94. The maximum atomic E-state index is 14.3. The third-order valence-corrected chi connectivity index (χ3v) is 9.01. The first-order chi connectivity index (χ1) is 20.6. The van der Waals surface area contributed by atoms with Gasteiger partial charge in [-0.1, -0.05) is 77.8 Å². The molecule has 4 aromatic rings. The van der Waals surface area contributed by atoms with Crippen LogP contribution in [0.25, 0.3) is 0 Å². The van der Waals surface area contributed by atoms with E-state index in [4.69, 9.17) is 16.3 Å². The molecule has 1 N–H and O–H groups in total. The van der Waals surface area contributed by atoms with Crippen LogP contribution in [-0.2, 0) is 32.6 Å². The summed E-state index contributed by atoms with van der Waals surface area (Å²) in [7, 11) is -1.22. The Bertz CT molecular complexity index is 1660. The van der Waals surface area contributed by atoms with Gasteiger partial charge in [-0.2, -0.15) is 0 Å². The summed E-state index contributed by atoms with van der Waals surface area (Å²) in [5, 5.41) is 3.15. The molecule has 43 heavy (non-hydrogen) atoms. The number of carbonyl (C=O) groups excluding carboxylic acids is 2. The summed E-state index contributed by atoms with van der Waals surface area (Å²) in [5.41, 5.74) is 2.68. The topological polar surface area (TPSA) is 96.0 Å². The van der Waals surface area contributed by atoms with Crippen molar-refractivity contribution in [3.05, 3.63) is 125 Å². The molecule has 0 bridgehead atoms. The van der Waals surface area contributed by atoms with Crippen LogP contribution in [0.15, 0.2) is 108 Å². The molecular weight excluding hydrogens is 586 g/mol. The molecule has 0 heterocycles. The van der Waals surface area contributed by atoms with Crippen molar-refractivity contribution in [3.8, 4) is 5.75 Å². The van der Waals surface area contributed by atoms with E-state index in [1.165, 1.54) is 31.2 Å². The van der Waals surface area contributed by atoms with Gasteiger partial charge in [0, 0.05) is 31.1 Å². The van der Waals surface area contributed by atoms with Gasteiger partial charge >= 0.3 is 0 Å².